The molecule has 0 unspecified atom stereocenters. The molecule has 262 valence electrons. The van der Waals surface area contributed by atoms with Crippen LogP contribution in [0, 0.1) is 4.91 Å². The summed E-state index contributed by atoms with van der Waals surface area (Å²) in [7, 11) is 0. The van der Waals surface area contributed by atoms with Crippen molar-refractivity contribution in [3.05, 3.63) is 34.7 Å². The molecule has 0 saturated carbocycles. The Hall–Kier alpha value is -1.48. The van der Waals surface area contributed by atoms with Crippen LogP contribution in [0.2, 0.25) is 0 Å². The number of hydrogen-bond acceptors (Lipinski definition) is 4. The fourth-order valence-electron chi connectivity index (χ4n) is 7.06. The van der Waals surface area contributed by atoms with Gasteiger partial charge in [-0.1, -0.05) is 13.3 Å². The number of aromatic carboxylic acids is 1. The monoisotopic (exact) mass is 650 g/mol. The maximum atomic E-state index is 14.0. The van der Waals surface area contributed by atoms with Crippen molar-refractivity contribution >= 4 is 18.5 Å². The number of unbranched alkanes of at least 4 members (excludes halogenated alkanes) is 20. The Morgan fingerprint density at radius 3 is 1.22 bits per heavy atom. The average molecular weight is 650 g/mol. The minimum absolute atomic E-state index is 0.0804. The summed E-state index contributed by atoms with van der Waals surface area (Å²) in [5.41, 5.74) is -0.00529. The van der Waals surface area contributed by atoms with Gasteiger partial charge < -0.3 is 0 Å². The molecule has 0 atom stereocenters. The fourth-order valence-corrected chi connectivity index (χ4v) is 13.3. The fraction of sp³-hybridized carbons (Fsp3) is 0.821. The van der Waals surface area contributed by atoms with Gasteiger partial charge in [-0.2, -0.15) is 0 Å². The summed E-state index contributed by atoms with van der Waals surface area (Å²) >= 11 is 0. The molecule has 45 heavy (non-hydrogen) atoms. The molecule has 0 aromatic heterocycles. The van der Waals surface area contributed by atoms with E-state index in [-0.39, 0.29) is 11.3 Å². The van der Waals surface area contributed by atoms with Crippen LogP contribution in [0.1, 0.15) is 192 Å². The average Bonchev–Trinajstić information content (AvgIpc) is 3.04. The summed E-state index contributed by atoms with van der Waals surface area (Å²) in [5, 5.41) is 12.0. The molecule has 0 radical (unpaired) electrons. The molecule has 0 spiro atoms. The predicted molar refractivity (Wildman–Crippen MR) is 195 cm³/mol. The molecule has 0 amide bonds. The second kappa shape index (κ2) is 25.6. The Morgan fingerprint density at radius 2 is 0.867 bits per heavy atom. The third kappa shape index (κ3) is 17.3. The number of nitrogens with zero attached hydrogens (tertiary/aromatic N) is 1. The minimum atomic E-state index is -3.01. The molecule has 6 heteroatoms. The molecule has 0 aliphatic heterocycles. The summed E-state index contributed by atoms with van der Waals surface area (Å²) in [4.78, 5) is 26.6. The van der Waals surface area contributed by atoms with Crippen molar-refractivity contribution in [2.24, 2.45) is 0 Å². The Kier molecular flexibility index (Phi) is 23.6. The molecular formula is C39H72NO4P. The first-order chi connectivity index (χ1) is 21.9. The van der Waals surface area contributed by atoms with Gasteiger partial charge >= 0.3 is 266 Å². The van der Waals surface area contributed by atoms with Crippen LogP contribution in [-0.2, 0) is 4.62 Å². The molecule has 0 fully saturated rings. The van der Waals surface area contributed by atoms with Crippen LogP contribution < -0.4 is 5.11 Å². The van der Waals surface area contributed by atoms with Crippen LogP contribution >= 0.6 is 6.83 Å². The van der Waals surface area contributed by atoms with Gasteiger partial charge in [0.2, 0.25) is 0 Å². The van der Waals surface area contributed by atoms with Gasteiger partial charge in [0.05, 0.1) is 0 Å². The van der Waals surface area contributed by atoms with E-state index in [1.807, 2.05) is 0 Å². The zero-order valence-corrected chi connectivity index (χ0v) is 31.0. The van der Waals surface area contributed by atoms with Gasteiger partial charge in [-0.3, -0.25) is 0 Å². The Balaban J connectivity index is 3.19. The molecule has 1 aromatic rings. The maximum absolute atomic E-state index is 14.0. The van der Waals surface area contributed by atoms with E-state index in [4.69, 9.17) is 4.62 Å². The molecule has 0 saturated heterocycles. The SMILES string of the molecule is CCCCCCCCCCCCCCP(CCCCCC)(CCCCCC)(CCCCCC)O[N+](=O)c1ccccc1C(=O)[O-]. The summed E-state index contributed by atoms with van der Waals surface area (Å²) in [5.74, 6) is -1.33. The summed E-state index contributed by atoms with van der Waals surface area (Å²) in [6, 6.07) is 6.41. The number of para-hydroxylation sites is 1. The first-order valence-corrected chi connectivity index (χ1v) is 22.2. The van der Waals surface area contributed by atoms with Crippen molar-refractivity contribution in [1.82, 2.24) is 0 Å². The van der Waals surface area contributed by atoms with Crippen molar-refractivity contribution in [2.75, 3.05) is 24.6 Å². The third-order valence-electron chi connectivity index (χ3n) is 9.93. The predicted octanol–water partition coefficient (Wildman–Crippen LogP) is 12.3. The zero-order valence-electron chi connectivity index (χ0n) is 30.1. The van der Waals surface area contributed by atoms with Gasteiger partial charge in [-0.05, 0) is 0 Å². The number of benzene rings is 1. The molecule has 0 aliphatic rings. The molecule has 5 nitrogen and oxygen atoms in total. The molecule has 1 aromatic carbocycles. The van der Waals surface area contributed by atoms with Gasteiger partial charge in [-0.25, -0.2) is 0 Å². The van der Waals surface area contributed by atoms with E-state index in [0.717, 1.165) is 69.6 Å². The Labute approximate surface area is 278 Å². The molecule has 1 rings (SSSR count). The quantitative estimate of drug-likeness (QED) is 0.0442. The van der Waals surface area contributed by atoms with Gasteiger partial charge in [0, 0.05) is 0 Å². The van der Waals surface area contributed by atoms with Crippen molar-refractivity contribution < 1.29 is 19.4 Å². The van der Waals surface area contributed by atoms with Crippen LogP contribution in [0.25, 0.3) is 0 Å². The first-order valence-electron chi connectivity index (χ1n) is 19.4. The molecular weight excluding hydrogens is 577 g/mol. The van der Waals surface area contributed by atoms with Crippen molar-refractivity contribution in [2.45, 2.75) is 182 Å². The van der Waals surface area contributed by atoms with Crippen LogP contribution in [0.3, 0.4) is 0 Å². The summed E-state index contributed by atoms with van der Waals surface area (Å²) in [6.45, 7) is 6.00. The van der Waals surface area contributed by atoms with Gasteiger partial charge in [0.15, 0.2) is 0 Å². The molecule has 0 aliphatic carbocycles. The molecule has 0 heterocycles. The van der Waals surface area contributed by atoms with E-state index in [2.05, 4.69) is 27.7 Å². The van der Waals surface area contributed by atoms with Crippen LogP contribution in [-0.4, -0.2) is 35.5 Å². The van der Waals surface area contributed by atoms with E-state index in [9.17, 15) is 14.8 Å². The summed E-state index contributed by atoms with van der Waals surface area (Å²) in [6.07, 6.45) is 33.5. The normalized spacial score (nSPS) is 12.6. The Morgan fingerprint density at radius 1 is 0.556 bits per heavy atom. The number of carbonyl (C=O) groups is 1. The zero-order chi connectivity index (χ0) is 33.1. The van der Waals surface area contributed by atoms with Crippen molar-refractivity contribution in [3.63, 3.8) is 0 Å². The second-order valence-electron chi connectivity index (χ2n) is 14.0. The summed E-state index contributed by atoms with van der Waals surface area (Å²) < 4.78 is 6.96. The Bertz CT molecular complexity index is 871. The molecule has 0 N–H and O–H groups in total. The second-order valence-corrected chi connectivity index (χ2v) is 19.6. The number of rotatable bonds is 32. The van der Waals surface area contributed by atoms with E-state index in [1.54, 1.807) is 18.2 Å². The number of carboxylic acid groups (broad SMARTS) is 1. The third-order valence-corrected chi connectivity index (χ3v) is 16.3. The standard InChI is InChI=1S/C39H72NO4P/c1-5-9-13-17-18-19-20-21-22-23-24-30-36-45(33-27-14-10-6-2,34-28-15-11-7-3,35-29-16-12-8-4)44-40(43)38-32-26-25-31-37(38)39(41)42/h25-26,31-32H,5-24,27-30,33-36H2,1-4H3. The molecule has 0 bridgehead atoms. The topological polar surface area (TPSA) is 69.4 Å². The van der Waals surface area contributed by atoms with Crippen LogP contribution in [0.5, 0.6) is 0 Å². The van der Waals surface area contributed by atoms with Crippen molar-refractivity contribution in [1.29, 1.82) is 0 Å². The van der Waals surface area contributed by atoms with E-state index >= 15 is 0 Å². The van der Waals surface area contributed by atoms with E-state index in [1.165, 1.54) is 115 Å². The van der Waals surface area contributed by atoms with Crippen molar-refractivity contribution in [3.8, 4) is 0 Å². The van der Waals surface area contributed by atoms with E-state index in [0.29, 0.717) is 4.92 Å². The number of hydrogen-bond donors (Lipinski definition) is 0. The number of carboxylic acids is 1. The van der Waals surface area contributed by atoms with Gasteiger partial charge in [0.1, 0.15) is 0 Å². The van der Waals surface area contributed by atoms with Gasteiger partial charge in [0.25, 0.3) is 0 Å². The number of carbonyl (C=O) groups excluding carboxylic acids is 1. The van der Waals surface area contributed by atoms with E-state index < -0.39 is 12.8 Å². The van der Waals surface area contributed by atoms with Crippen LogP contribution in [0.4, 0.5) is 5.69 Å². The van der Waals surface area contributed by atoms with Crippen LogP contribution in [0.15, 0.2) is 24.3 Å². The van der Waals surface area contributed by atoms with Gasteiger partial charge in [-0.15, -0.1) is 0 Å². The first kappa shape index (κ1) is 41.5.